The van der Waals surface area contributed by atoms with E-state index >= 15 is 0 Å². The summed E-state index contributed by atoms with van der Waals surface area (Å²) in [5, 5.41) is 10.3. The summed E-state index contributed by atoms with van der Waals surface area (Å²) in [7, 11) is 1.69. The Hall–Kier alpha value is -3.23. The van der Waals surface area contributed by atoms with E-state index in [1.165, 1.54) is 6.92 Å². The monoisotopic (exact) mass is 419 g/mol. The fourth-order valence-electron chi connectivity index (χ4n) is 4.48. The van der Waals surface area contributed by atoms with Crippen molar-refractivity contribution in [2.45, 2.75) is 38.5 Å². The number of β-amino-alcohol motifs (C(OH)–C–C–N with tert-alkyl or cyclic N) is 1. The van der Waals surface area contributed by atoms with Crippen LogP contribution in [0.2, 0.25) is 0 Å². The van der Waals surface area contributed by atoms with Crippen molar-refractivity contribution in [1.29, 1.82) is 0 Å². The third-order valence-corrected chi connectivity index (χ3v) is 6.19. The number of aromatic nitrogens is 4. The largest absolute Gasteiger partial charge is 0.391 e. The van der Waals surface area contributed by atoms with Crippen molar-refractivity contribution in [3.8, 4) is 11.3 Å². The summed E-state index contributed by atoms with van der Waals surface area (Å²) in [6.45, 7) is 3.85. The number of carbonyl (C=O) groups excluding carboxylic acids is 1. The predicted molar refractivity (Wildman–Crippen MR) is 116 cm³/mol. The molecule has 31 heavy (non-hydrogen) atoms. The van der Waals surface area contributed by atoms with Crippen LogP contribution in [-0.4, -0.2) is 55.0 Å². The summed E-state index contributed by atoms with van der Waals surface area (Å²) < 4.78 is 7.47. The first-order valence-electron chi connectivity index (χ1n) is 10.4. The van der Waals surface area contributed by atoms with E-state index in [2.05, 4.69) is 14.4 Å². The molecule has 1 fully saturated rings. The topological polar surface area (TPSA) is 95.8 Å². The molecule has 0 spiro atoms. The lowest BCUT2D eigenvalue weighted by Gasteiger charge is -2.22. The van der Waals surface area contributed by atoms with Gasteiger partial charge in [0, 0.05) is 38.8 Å². The van der Waals surface area contributed by atoms with Gasteiger partial charge in [-0.05, 0) is 18.6 Å². The molecule has 0 bridgehead atoms. The third kappa shape index (κ3) is 3.19. The summed E-state index contributed by atoms with van der Waals surface area (Å²) in [4.78, 5) is 26.7. The second-order valence-electron chi connectivity index (χ2n) is 8.09. The van der Waals surface area contributed by atoms with E-state index in [-0.39, 0.29) is 18.1 Å². The van der Waals surface area contributed by atoms with Crippen LogP contribution in [-0.2, 0) is 9.53 Å². The zero-order valence-corrected chi connectivity index (χ0v) is 17.7. The van der Waals surface area contributed by atoms with Crippen LogP contribution < -0.4 is 0 Å². The zero-order valence-electron chi connectivity index (χ0n) is 17.7. The Morgan fingerprint density at radius 2 is 2.03 bits per heavy atom. The maximum absolute atomic E-state index is 12.3. The number of likely N-dealkylation sites (tertiary alicyclic amines) is 1. The number of aromatic amines is 1. The highest BCUT2D eigenvalue weighted by Crippen LogP contribution is 2.37. The number of aliphatic hydroxyl groups is 1. The quantitative estimate of drug-likeness (QED) is 0.529. The fraction of sp³-hybridized carbons (Fsp3) is 0.348. The highest BCUT2D eigenvalue weighted by atomic mass is 16.5. The van der Waals surface area contributed by atoms with Gasteiger partial charge in [0.25, 0.3) is 0 Å². The number of hydrogen-bond donors (Lipinski definition) is 2. The molecule has 5 rings (SSSR count). The first-order chi connectivity index (χ1) is 15.0. The number of hydrogen-bond acceptors (Lipinski definition) is 5. The summed E-state index contributed by atoms with van der Waals surface area (Å²) >= 11 is 0. The molecule has 8 heteroatoms. The third-order valence-electron chi connectivity index (χ3n) is 6.19. The Morgan fingerprint density at radius 3 is 2.74 bits per heavy atom. The first kappa shape index (κ1) is 19.7. The van der Waals surface area contributed by atoms with Crippen LogP contribution in [0.15, 0.2) is 42.7 Å². The minimum Gasteiger partial charge on any atom is -0.391 e. The number of aliphatic hydroxyl groups excluding tert-OH is 1. The molecule has 8 nitrogen and oxygen atoms in total. The number of amides is 1. The second kappa shape index (κ2) is 7.47. The zero-order chi connectivity index (χ0) is 21.7. The van der Waals surface area contributed by atoms with Crippen LogP contribution in [0.3, 0.4) is 0 Å². The van der Waals surface area contributed by atoms with Crippen molar-refractivity contribution in [2.24, 2.45) is 0 Å². The summed E-state index contributed by atoms with van der Waals surface area (Å²) in [5.41, 5.74) is 5.34. The van der Waals surface area contributed by atoms with Gasteiger partial charge in [-0.2, -0.15) is 0 Å². The van der Waals surface area contributed by atoms with E-state index < -0.39 is 6.10 Å². The lowest BCUT2D eigenvalue weighted by atomic mass is 10.1. The van der Waals surface area contributed by atoms with Gasteiger partial charge in [-0.25, -0.2) is 9.97 Å². The number of nitrogens with one attached hydrogen (secondary N) is 1. The maximum atomic E-state index is 12.3. The van der Waals surface area contributed by atoms with Gasteiger partial charge < -0.3 is 19.7 Å². The summed E-state index contributed by atoms with van der Waals surface area (Å²) in [6, 6.07) is 9.80. The predicted octanol–water partition coefficient (Wildman–Crippen LogP) is 3.24. The van der Waals surface area contributed by atoms with Gasteiger partial charge in [-0.1, -0.05) is 24.3 Å². The Bertz CT molecular complexity index is 1260. The average Bonchev–Trinajstić information content (AvgIpc) is 3.48. The molecule has 0 aliphatic carbocycles. The molecule has 160 valence electrons. The van der Waals surface area contributed by atoms with Gasteiger partial charge in [0.05, 0.1) is 41.2 Å². The number of benzene rings is 1. The van der Waals surface area contributed by atoms with Crippen LogP contribution in [0.5, 0.6) is 0 Å². The lowest BCUT2D eigenvalue weighted by Crippen LogP contribution is -2.30. The molecule has 4 aromatic rings. The molecule has 0 radical (unpaired) electrons. The molecule has 1 aliphatic rings. The van der Waals surface area contributed by atoms with E-state index in [1.807, 2.05) is 43.5 Å². The minimum absolute atomic E-state index is 0.00796. The van der Waals surface area contributed by atoms with E-state index in [9.17, 15) is 9.90 Å². The van der Waals surface area contributed by atoms with Gasteiger partial charge in [0.1, 0.15) is 5.82 Å². The Kier molecular flexibility index (Phi) is 4.75. The van der Waals surface area contributed by atoms with Crippen molar-refractivity contribution in [1.82, 2.24) is 24.3 Å². The molecular formula is C23H25N5O3. The van der Waals surface area contributed by atoms with E-state index in [0.717, 1.165) is 39.3 Å². The standard InChI is InChI=1S/C23H25N5O3/c1-13(31-3)15-4-6-16(7-5-15)21-20-11-25-22-18(8-9-24-22)28(20)23(26-21)19-10-17(30)12-27(19)14(2)29/h4-9,11,13,17,19,24,30H,10,12H2,1-3H3/t13-,17+,19+/m0/s1. The molecule has 1 amide bonds. The van der Waals surface area contributed by atoms with Crippen molar-refractivity contribution in [3.05, 3.63) is 54.1 Å². The summed E-state index contributed by atoms with van der Waals surface area (Å²) in [5.74, 6) is 0.662. The Labute approximate surface area is 179 Å². The normalized spacial score (nSPS) is 20.1. The molecule has 1 aliphatic heterocycles. The van der Waals surface area contributed by atoms with Crippen molar-refractivity contribution >= 4 is 22.6 Å². The summed E-state index contributed by atoms with van der Waals surface area (Å²) in [6.07, 6.45) is 3.54. The maximum Gasteiger partial charge on any atom is 0.220 e. The van der Waals surface area contributed by atoms with Crippen molar-refractivity contribution in [3.63, 3.8) is 0 Å². The van der Waals surface area contributed by atoms with Crippen molar-refractivity contribution < 1.29 is 14.6 Å². The molecule has 0 unspecified atom stereocenters. The van der Waals surface area contributed by atoms with Gasteiger partial charge in [-0.3, -0.25) is 9.20 Å². The molecule has 3 atom stereocenters. The minimum atomic E-state index is -0.567. The number of methoxy groups -OCH3 is 1. The number of fused-ring (bicyclic) bond motifs is 3. The highest BCUT2D eigenvalue weighted by Gasteiger charge is 2.37. The average molecular weight is 419 g/mol. The van der Waals surface area contributed by atoms with Crippen LogP contribution >= 0.6 is 0 Å². The molecule has 0 saturated carbocycles. The second-order valence-corrected chi connectivity index (χ2v) is 8.09. The van der Waals surface area contributed by atoms with Crippen molar-refractivity contribution in [2.75, 3.05) is 13.7 Å². The van der Waals surface area contributed by atoms with E-state index in [4.69, 9.17) is 9.72 Å². The lowest BCUT2D eigenvalue weighted by molar-refractivity contribution is -0.130. The molecule has 3 aromatic heterocycles. The molecule has 4 heterocycles. The van der Waals surface area contributed by atoms with E-state index in [0.29, 0.717) is 13.0 Å². The number of rotatable bonds is 4. The van der Waals surface area contributed by atoms with Crippen LogP contribution in [0.1, 0.15) is 43.8 Å². The molecular weight excluding hydrogens is 394 g/mol. The number of ether oxygens (including phenoxy) is 1. The van der Waals surface area contributed by atoms with Crippen LogP contribution in [0.4, 0.5) is 0 Å². The number of nitrogens with zero attached hydrogens (tertiary/aromatic N) is 4. The number of imidazole rings is 1. The smallest absolute Gasteiger partial charge is 0.220 e. The van der Waals surface area contributed by atoms with Gasteiger partial charge >= 0.3 is 0 Å². The molecule has 1 aromatic carbocycles. The highest BCUT2D eigenvalue weighted by molar-refractivity contribution is 5.84. The van der Waals surface area contributed by atoms with Crippen LogP contribution in [0.25, 0.3) is 27.9 Å². The molecule has 1 saturated heterocycles. The van der Waals surface area contributed by atoms with Gasteiger partial charge in [0.2, 0.25) is 5.91 Å². The SMILES string of the molecule is CO[C@@H](C)c1ccc(-c2nc([C@H]3C[C@@H](O)CN3C(C)=O)n3c2cnc2[nH]ccc23)cc1. The van der Waals surface area contributed by atoms with Crippen LogP contribution in [0, 0.1) is 0 Å². The van der Waals surface area contributed by atoms with Gasteiger partial charge in [-0.15, -0.1) is 0 Å². The van der Waals surface area contributed by atoms with E-state index in [1.54, 1.807) is 18.2 Å². The van der Waals surface area contributed by atoms with Gasteiger partial charge in [0.15, 0.2) is 5.65 Å². The molecule has 2 N–H and O–H groups in total. The Balaban J connectivity index is 1.71. The number of carbonyl (C=O) groups is 1. The first-order valence-corrected chi connectivity index (χ1v) is 10.4. The fourth-order valence-corrected chi connectivity index (χ4v) is 4.48. The Morgan fingerprint density at radius 1 is 1.26 bits per heavy atom. The number of H-pyrrole nitrogens is 1.